The van der Waals surface area contributed by atoms with Gasteiger partial charge in [-0.2, -0.15) is 0 Å². The van der Waals surface area contributed by atoms with Gasteiger partial charge in [0.25, 0.3) is 11.8 Å². The molecule has 0 saturated carbocycles. The van der Waals surface area contributed by atoms with Crippen LogP contribution in [0, 0.1) is 0 Å². The maximum absolute atomic E-state index is 13.2. The standard InChI is InChI=1S/C27H27N5O2S/c1-30-17-23(18-5-3-2-4-6-18)22-13-19(7-8-24(22)30)26(33)32-15-21(16-32)29-20-9-11-31(14-20)27(34)25-28-10-12-35-25/h2-8,10,12-13,17,20-21,29H,9,11,14-16H2,1H3/t20-/m0/s1. The van der Waals surface area contributed by atoms with Gasteiger partial charge in [0.15, 0.2) is 5.01 Å². The number of hydrogen-bond donors (Lipinski definition) is 1. The van der Waals surface area contributed by atoms with Gasteiger partial charge in [-0.15, -0.1) is 11.3 Å². The summed E-state index contributed by atoms with van der Waals surface area (Å²) >= 11 is 1.38. The molecule has 2 amide bonds. The van der Waals surface area contributed by atoms with E-state index in [2.05, 4.69) is 33.2 Å². The summed E-state index contributed by atoms with van der Waals surface area (Å²) in [6, 6.07) is 16.8. The number of amides is 2. The molecule has 0 aliphatic carbocycles. The molecule has 4 aromatic rings. The molecule has 2 aromatic heterocycles. The Balaban J connectivity index is 1.09. The molecule has 7 nitrogen and oxygen atoms in total. The number of carbonyl (C=O) groups is 2. The van der Waals surface area contributed by atoms with E-state index in [1.54, 1.807) is 6.20 Å². The first-order valence-electron chi connectivity index (χ1n) is 12.0. The molecule has 0 bridgehead atoms. The fourth-order valence-electron chi connectivity index (χ4n) is 5.18. The van der Waals surface area contributed by atoms with Crippen LogP contribution in [0.3, 0.4) is 0 Å². The van der Waals surface area contributed by atoms with Crippen molar-refractivity contribution in [2.24, 2.45) is 7.05 Å². The average molecular weight is 486 g/mol. The van der Waals surface area contributed by atoms with Gasteiger partial charge in [-0.05, 0) is 30.2 Å². The van der Waals surface area contributed by atoms with Crippen LogP contribution in [-0.2, 0) is 7.05 Å². The largest absolute Gasteiger partial charge is 0.350 e. The van der Waals surface area contributed by atoms with Crippen LogP contribution in [0.5, 0.6) is 0 Å². The molecule has 2 aliphatic rings. The van der Waals surface area contributed by atoms with Crippen molar-refractivity contribution < 1.29 is 9.59 Å². The molecule has 1 atom stereocenters. The fraction of sp³-hybridized carbons (Fsp3) is 0.296. The van der Waals surface area contributed by atoms with E-state index in [1.807, 2.05) is 58.6 Å². The van der Waals surface area contributed by atoms with Crippen LogP contribution >= 0.6 is 11.3 Å². The summed E-state index contributed by atoms with van der Waals surface area (Å²) in [5.74, 6) is 0.0840. The monoisotopic (exact) mass is 485 g/mol. The van der Waals surface area contributed by atoms with Crippen molar-refractivity contribution >= 4 is 34.1 Å². The number of likely N-dealkylation sites (tertiary alicyclic amines) is 2. The second kappa shape index (κ2) is 8.94. The number of nitrogens with zero attached hydrogens (tertiary/aromatic N) is 4. The van der Waals surface area contributed by atoms with Crippen molar-refractivity contribution in [2.45, 2.75) is 18.5 Å². The number of hydrogen-bond acceptors (Lipinski definition) is 5. The Morgan fingerprint density at radius 1 is 1.00 bits per heavy atom. The molecule has 2 aromatic carbocycles. The van der Waals surface area contributed by atoms with Crippen LogP contribution < -0.4 is 5.32 Å². The van der Waals surface area contributed by atoms with Crippen LogP contribution in [0.25, 0.3) is 22.0 Å². The van der Waals surface area contributed by atoms with Crippen molar-refractivity contribution in [2.75, 3.05) is 26.2 Å². The van der Waals surface area contributed by atoms with Gasteiger partial charge >= 0.3 is 0 Å². The lowest BCUT2D eigenvalue weighted by atomic mass is 10.0. The highest BCUT2D eigenvalue weighted by Crippen LogP contribution is 2.31. The molecule has 35 heavy (non-hydrogen) atoms. The summed E-state index contributed by atoms with van der Waals surface area (Å²) < 4.78 is 2.11. The zero-order chi connectivity index (χ0) is 23.9. The quantitative estimate of drug-likeness (QED) is 0.469. The van der Waals surface area contributed by atoms with Crippen LogP contribution in [-0.4, -0.2) is 69.4 Å². The van der Waals surface area contributed by atoms with Crippen LogP contribution in [0.1, 0.15) is 26.6 Å². The Morgan fingerprint density at radius 3 is 2.57 bits per heavy atom. The SMILES string of the molecule is Cn1cc(-c2ccccc2)c2cc(C(=O)N3CC(N[C@H]4CCN(C(=O)c5nccs5)C4)C3)ccc21. The molecular formula is C27H27N5O2S. The van der Waals surface area contributed by atoms with Gasteiger partial charge in [-0.3, -0.25) is 9.59 Å². The van der Waals surface area contributed by atoms with E-state index in [0.29, 0.717) is 24.6 Å². The lowest BCUT2D eigenvalue weighted by Gasteiger charge is -2.41. The van der Waals surface area contributed by atoms with Crippen LogP contribution in [0.15, 0.2) is 66.3 Å². The van der Waals surface area contributed by atoms with Gasteiger partial charge in [0, 0.05) is 85.1 Å². The molecule has 1 N–H and O–H groups in total. The second-order valence-electron chi connectivity index (χ2n) is 9.40. The zero-order valence-electron chi connectivity index (χ0n) is 19.6. The predicted octanol–water partition coefficient (Wildman–Crippen LogP) is 3.63. The van der Waals surface area contributed by atoms with E-state index in [9.17, 15) is 9.59 Å². The lowest BCUT2D eigenvalue weighted by Crippen LogP contribution is -2.62. The summed E-state index contributed by atoms with van der Waals surface area (Å²) in [5.41, 5.74) is 4.12. The highest BCUT2D eigenvalue weighted by atomic mass is 32.1. The number of nitrogens with one attached hydrogen (secondary N) is 1. The Hall–Kier alpha value is -3.49. The predicted molar refractivity (Wildman–Crippen MR) is 138 cm³/mol. The molecule has 0 unspecified atom stereocenters. The van der Waals surface area contributed by atoms with Gasteiger partial charge in [0.1, 0.15) is 0 Å². The zero-order valence-corrected chi connectivity index (χ0v) is 20.4. The molecule has 2 fully saturated rings. The maximum Gasteiger partial charge on any atom is 0.282 e. The Labute approximate surface area is 208 Å². The molecule has 6 rings (SSSR count). The minimum atomic E-state index is 0.0147. The third-order valence-corrected chi connectivity index (χ3v) is 7.81. The number of aryl methyl sites for hydroxylation is 1. The van der Waals surface area contributed by atoms with Crippen LogP contribution in [0.2, 0.25) is 0 Å². The first-order chi connectivity index (χ1) is 17.1. The number of carbonyl (C=O) groups excluding carboxylic acids is 2. The van der Waals surface area contributed by atoms with E-state index in [0.717, 1.165) is 40.6 Å². The van der Waals surface area contributed by atoms with Crippen molar-refractivity contribution in [1.82, 2.24) is 24.7 Å². The summed E-state index contributed by atoms with van der Waals surface area (Å²) in [4.78, 5) is 33.6. The number of benzene rings is 2. The van der Waals surface area contributed by atoms with Crippen LogP contribution in [0.4, 0.5) is 0 Å². The van der Waals surface area contributed by atoms with E-state index in [1.165, 1.54) is 11.3 Å². The Bertz CT molecular complexity index is 1380. The van der Waals surface area contributed by atoms with E-state index >= 15 is 0 Å². The molecular weight excluding hydrogens is 458 g/mol. The van der Waals surface area contributed by atoms with Crippen molar-refractivity contribution in [3.8, 4) is 11.1 Å². The number of thiazole rings is 1. The lowest BCUT2D eigenvalue weighted by molar-refractivity contribution is 0.0553. The summed E-state index contributed by atoms with van der Waals surface area (Å²) in [7, 11) is 2.04. The first kappa shape index (κ1) is 22.0. The maximum atomic E-state index is 13.2. The van der Waals surface area contributed by atoms with Crippen molar-refractivity contribution in [3.05, 3.63) is 76.9 Å². The molecule has 178 valence electrons. The summed E-state index contributed by atoms with van der Waals surface area (Å²) in [6.45, 7) is 2.81. The Kier molecular flexibility index (Phi) is 5.62. The highest BCUT2D eigenvalue weighted by molar-refractivity contribution is 7.11. The number of fused-ring (bicyclic) bond motifs is 1. The summed E-state index contributed by atoms with van der Waals surface area (Å²) in [5, 5.41) is 7.11. The number of aromatic nitrogens is 2. The minimum Gasteiger partial charge on any atom is -0.350 e. The minimum absolute atomic E-state index is 0.0147. The fourth-order valence-corrected chi connectivity index (χ4v) is 5.79. The summed E-state index contributed by atoms with van der Waals surface area (Å²) in [6.07, 6.45) is 4.72. The van der Waals surface area contributed by atoms with E-state index < -0.39 is 0 Å². The third-order valence-electron chi connectivity index (χ3n) is 7.05. The van der Waals surface area contributed by atoms with Gasteiger partial charge in [0.05, 0.1) is 0 Å². The Morgan fingerprint density at radius 2 is 1.80 bits per heavy atom. The molecule has 0 radical (unpaired) electrons. The molecule has 2 aliphatic heterocycles. The first-order valence-corrected chi connectivity index (χ1v) is 12.8. The van der Waals surface area contributed by atoms with Crippen molar-refractivity contribution in [1.29, 1.82) is 0 Å². The topological polar surface area (TPSA) is 70.5 Å². The van der Waals surface area contributed by atoms with E-state index in [4.69, 9.17) is 0 Å². The third kappa shape index (κ3) is 4.13. The molecule has 4 heterocycles. The van der Waals surface area contributed by atoms with Gasteiger partial charge < -0.3 is 19.7 Å². The van der Waals surface area contributed by atoms with Gasteiger partial charge in [-0.25, -0.2) is 4.98 Å². The number of rotatable bonds is 5. The van der Waals surface area contributed by atoms with E-state index in [-0.39, 0.29) is 23.9 Å². The van der Waals surface area contributed by atoms with Gasteiger partial charge in [-0.1, -0.05) is 30.3 Å². The normalized spacial score (nSPS) is 18.3. The highest BCUT2D eigenvalue weighted by Gasteiger charge is 2.35. The molecule has 2 saturated heterocycles. The molecule has 0 spiro atoms. The van der Waals surface area contributed by atoms with Crippen molar-refractivity contribution in [3.63, 3.8) is 0 Å². The second-order valence-corrected chi connectivity index (χ2v) is 10.3. The average Bonchev–Trinajstić information content (AvgIpc) is 3.62. The smallest absolute Gasteiger partial charge is 0.282 e. The van der Waals surface area contributed by atoms with Gasteiger partial charge in [0.2, 0.25) is 0 Å². The molecule has 8 heteroatoms.